The maximum atomic E-state index is 5.71. The summed E-state index contributed by atoms with van der Waals surface area (Å²) in [4.78, 5) is 6.95. The largest absolute Gasteiger partial charge is 0.385 e. The van der Waals surface area contributed by atoms with Crippen LogP contribution in [0.2, 0.25) is 0 Å². The van der Waals surface area contributed by atoms with Crippen molar-refractivity contribution in [2.45, 2.75) is 32.8 Å². The lowest BCUT2D eigenvalue weighted by atomic mass is 10.2. The van der Waals surface area contributed by atoms with Crippen LogP contribution < -0.4 is 10.6 Å². The van der Waals surface area contributed by atoms with Gasteiger partial charge in [-0.15, -0.1) is 24.0 Å². The Balaban J connectivity index is 0.00000729. The van der Waals surface area contributed by atoms with Crippen LogP contribution in [0.25, 0.3) is 0 Å². The molecule has 0 heterocycles. The highest BCUT2D eigenvalue weighted by molar-refractivity contribution is 14.0. The Labute approximate surface area is 188 Å². The number of nitrogens with one attached hydrogen (secondary N) is 2. The maximum absolute atomic E-state index is 5.71. The van der Waals surface area contributed by atoms with Gasteiger partial charge in [0.25, 0.3) is 0 Å². The number of rotatable bonds is 15. The Morgan fingerprint density at radius 3 is 2.54 bits per heavy atom. The molecule has 0 aliphatic rings. The Morgan fingerprint density at radius 1 is 1.04 bits per heavy atom. The molecule has 0 aliphatic heterocycles. The Bertz CT molecular complexity index is 489. The van der Waals surface area contributed by atoms with Gasteiger partial charge in [-0.2, -0.15) is 0 Å². The van der Waals surface area contributed by atoms with Gasteiger partial charge in [-0.05, 0) is 38.8 Å². The van der Waals surface area contributed by atoms with E-state index in [9.17, 15) is 0 Å². The van der Waals surface area contributed by atoms with Gasteiger partial charge in [0.2, 0.25) is 0 Å². The minimum Gasteiger partial charge on any atom is -0.385 e. The minimum atomic E-state index is 0. The summed E-state index contributed by atoms with van der Waals surface area (Å²) in [6.45, 7) is 8.97. The highest BCUT2D eigenvalue weighted by atomic mass is 127. The maximum Gasteiger partial charge on any atom is 0.191 e. The molecular weight excluding hydrogens is 467 g/mol. The molecule has 1 aromatic carbocycles. The number of benzene rings is 1. The van der Waals surface area contributed by atoms with E-state index in [1.807, 2.05) is 18.2 Å². The molecule has 0 atom stereocenters. The molecule has 28 heavy (non-hydrogen) atoms. The molecule has 0 amide bonds. The summed E-state index contributed by atoms with van der Waals surface area (Å²) in [6, 6.07) is 10.3. The lowest BCUT2D eigenvalue weighted by Crippen LogP contribution is -2.41. The van der Waals surface area contributed by atoms with Gasteiger partial charge in [-0.3, -0.25) is 4.99 Å². The van der Waals surface area contributed by atoms with Gasteiger partial charge in [0.1, 0.15) is 0 Å². The van der Waals surface area contributed by atoms with Crippen LogP contribution in [0.3, 0.4) is 0 Å². The zero-order valence-corrected chi connectivity index (χ0v) is 20.1. The summed E-state index contributed by atoms with van der Waals surface area (Å²) in [6.07, 6.45) is 3.12. The molecule has 0 aromatic heterocycles. The van der Waals surface area contributed by atoms with Crippen LogP contribution in [0.15, 0.2) is 35.3 Å². The van der Waals surface area contributed by atoms with Gasteiger partial charge >= 0.3 is 0 Å². The van der Waals surface area contributed by atoms with Gasteiger partial charge in [-0.1, -0.05) is 30.3 Å². The molecule has 6 nitrogen and oxygen atoms in total. The van der Waals surface area contributed by atoms with Crippen molar-refractivity contribution in [3.05, 3.63) is 35.9 Å². The number of nitrogens with zero attached hydrogens (tertiary/aromatic N) is 2. The van der Waals surface area contributed by atoms with E-state index in [0.717, 1.165) is 71.2 Å². The molecule has 7 heteroatoms. The van der Waals surface area contributed by atoms with Gasteiger partial charge in [0.15, 0.2) is 5.96 Å². The molecule has 1 aromatic rings. The molecular formula is C21H39IN4O2. The zero-order chi connectivity index (χ0) is 19.6. The molecule has 0 spiro atoms. The summed E-state index contributed by atoms with van der Waals surface area (Å²) in [5.41, 5.74) is 1.22. The number of halogens is 1. The number of likely N-dealkylation sites (N-methyl/N-ethyl adjacent to an activating group) is 1. The normalized spacial score (nSPS) is 11.4. The van der Waals surface area contributed by atoms with Gasteiger partial charge in [-0.25, -0.2) is 0 Å². The Kier molecular flexibility index (Phi) is 18.8. The van der Waals surface area contributed by atoms with Gasteiger partial charge < -0.3 is 25.0 Å². The SMILES string of the molecule is CCNC(=NCCCCOCc1ccccc1)NCCN(C)CCCOC.I. The third-order valence-electron chi connectivity index (χ3n) is 4.10. The van der Waals surface area contributed by atoms with E-state index in [1.165, 1.54) is 5.56 Å². The van der Waals surface area contributed by atoms with E-state index in [4.69, 9.17) is 9.47 Å². The third-order valence-corrected chi connectivity index (χ3v) is 4.10. The number of unbranched alkanes of at least 4 members (excludes halogenated alkanes) is 1. The first-order chi connectivity index (χ1) is 13.3. The highest BCUT2D eigenvalue weighted by Gasteiger charge is 2.00. The fraction of sp³-hybridized carbons (Fsp3) is 0.667. The van der Waals surface area contributed by atoms with Crippen LogP contribution in [0, 0.1) is 0 Å². The minimum absolute atomic E-state index is 0. The summed E-state index contributed by atoms with van der Waals surface area (Å²) in [7, 11) is 3.88. The highest BCUT2D eigenvalue weighted by Crippen LogP contribution is 2.01. The number of aliphatic imine (C=N–C) groups is 1. The average Bonchev–Trinajstić information content (AvgIpc) is 2.68. The van der Waals surface area contributed by atoms with Crippen molar-refractivity contribution in [1.29, 1.82) is 0 Å². The monoisotopic (exact) mass is 506 g/mol. The van der Waals surface area contributed by atoms with Gasteiger partial charge in [0.05, 0.1) is 6.61 Å². The van der Waals surface area contributed by atoms with Crippen molar-refractivity contribution in [3.8, 4) is 0 Å². The molecule has 0 unspecified atom stereocenters. The first-order valence-corrected chi connectivity index (χ1v) is 10.1. The molecule has 0 bridgehead atoms. The topological polar surface area (TPSA) is 58.1 Å². The zero-order valence-electron chi connectivity index (χ0n) is 17.8. The molecule has 0 radical (unpaired) electrons. The molecule has 0 fully saturated rings. The molecule has 162 valence electrons. The van der Waals surface area contributed by atoms with Crippen LogP contribution in [-0.2, 0) is 16.1 Å². The second kappa shape index (κ2) is 19.4. The smallest absolute Gasteiger partial charge is 0.191 e. The quantitative estimate of drug-likeness (QED) is 0.166. The van der Waals surface area contributed by atoms with Crippen molar-refractivity contribution < 1.29 is 9.47 Å². The van der Waals surface area contributed by atoms with Crippen LogP contribution in [-0.4, -0.2) is 71.0 Å². The third kappa shape index (κ3) is 15.1. The van der Waals surface area contributed by atoms with E-state index in [0.29, 0.717) is 6.61 Å². The van der Waals surface area contributed by atoms with Crippen molar-refractivity contribution in [1.82, 2.24) is 15.5 Å². The lowest BCUT2D eigenvalue weighted by Gasteiger charge is -2.18. The summed E-state index contributed by atoms with van der Waals surface area (Å²) in [5.74, 6) is 0.896. The first kappa shape index (κ1) is 27.1. The molecule has 2 N–H and O–H groups in total. The first-order valence-electron chi connectivity index (χ1n) is 10.1. The van der Waals surface area contributed by atoms with Crippen LogP contribution in [0.4, 0.5) is 0 Å². The van der Waals surface area contributed by atoms with Crippen LogP contribution in [0.1, 0.15) is 31.7 Å². The number of hydrogen-bond donors (Lipinski definition) is 2. The van der Waals surface area contributed by atoms with Crippen molar-refractivity contribution in [2.75, 3.05) is 60.1 Å². The van der Waals surface area contributed by atoms with Crippen molar-refractivity contribution in [2.24, 2.45) is 4.99 Å². The number of hydrogen-bond acceptors (Lipinski definition) is 4. The van der Waals surface area contributed by atoms with Crippen molar-refractivity contribution in [3.63, 3.8) is 0 Å². The number of guanidine groups is 1. The van der Waals surface area contributed by atoms with Crippen molar-refractivity contribution >= 4 is 29.9 Å². The van der Waals surface area contributed by atoms with E-state index in [1.54, 1.807) is 7.11 Å². The van der Waals surface area contributed by atoms with E-state index in [2.05, 4.69) is 46.6 Å². The Morgan fingerprint density at radius 2 is 1.82 bits per heavy atom. The number of ether oxygens (including phenoxy) is 2. The predicted octanol–water partition coefficient (Wildman–Crippen LogP) is 3.12. The Hall–Kier alpha value is -0.900. The van der Waals surface area contributed by atoms with Crippen LogP contribution >= 0.6 is 24.0 Å². The van der Waals surface area contributed by atoms with E-state index >= 15 is 0 Å². The second-order valence-electron chi connectivity index (χ2n) is 6.58. The standard InChI is InChI=1S/C21H38N4O2.HI/c1-4-22-21(24-14-16-25(2)15-10-17-26-3)23-13-8-9-18-27-19-20-11-6-5-7-12-20;/h5-7,11-12H,4,8-10,13-19H2,1-3H3,(H2,22,23,24);1H. The molecule has 1 rings (SSSR count). The van der Waals surface area contributed by atoms with E-state index < -0.39 is 0 Å². The predicted molar refractivity (Wildman–Crippen MR) is 129 cm³/mol. The fourth-order valence-electron chi connectivity index (χ4n) is 2.57. The van der Waals surface area contributed by atoms with E-state index in [-0.39, 0.29) is 24.0 Å². The lowest BCUT2D eigenvalue weighted by molar-refractivity contribution is 0.117. The van der Waals surface area contributed by atoms with Gasteiger partial charge in [0, 0.05) is 53.0 Å². The summed E-state index contributed by atoms with van der Waals surface area (Å²) in [5, 5.41) is 6.70. The molecule has 0 saturated heterocycles. The summed E-state index contributed by atoms with van der Waals surface area (Å²) >= 11 is 0. The molecule has 0 saturated carbocycles. The summed E-state index contributed by atoms with van der Waals surface area (Å²) < 4.78 is 10.8. The number of methoxy groups -OCH3 is 1. The fourth-order valence-corrected chi connectivity index (χ4v) is 2.57. The average molecular weight is 506 g/mol. The van der Waals surface area contributed by atoms with Crippen LogP contribution in [0.5, 0.6) is 0 Å². The molecule has 0 aliphatic carbocycles. The second-order valence-corrected chi connectivity index (χ2v) is 6.58.